The first-order chi connectivity index (χ1) is 9.63. The molecule has 1 aromatic carbocycles. The summed E-state index contributed by atoms with van der Waals surface area (Å²) < 4.78 is 6.83. The fraction of sp³-hybridized carbons (Fsp3) is 0.286. The molecule has 0 saturated heterocycles. The van der Waals surface area contributed by atoms with Crippen molar-refractivity contribution in [3.8, 4) is 5.88 Å². The predicted octanol–water partition coefficient (Wildman–Crippen LogP) is 2.97. The summed E-state index contributed by atoms with van der Waals surface area (Å²) in [6.07, 6.45) is 0.726. The van der Waals surface area contributed by atoms with Crippen LogP contribution in [0.3, 0.4) is 0 Å². The van der Waals surface area contributed by atoms with E-state index in [2.05, 4.69) is 31.3 Å². The lowest BCUT2D eigenvalue weighted by Gasteiger charge is -2.12. The summed E-state index contributed by atoms with van der Waals surface area (Å²) in [4.78, 5) is 8.70. The molecule has 106 valence electrons. The number of hydrazine groups is 1. The number of ether oxygens (including phenoxy) is 1. The van der Waals surface area contributed by atoms with Crippen LogP contribution in [-0.4, -0.2) is 9.97 Å². The van der Waals surface area contributed by atoms with Crippen molar-refractivity contribution in [1.82, 2.24) is 9.97 Å². The maximum atomic E-state index is 5.79. The predicted molar refractivity (Wildman–Crippen MR) is 82.4 cm³/mol. The van der Waals surface area contributed by atoms with Crippen molar-refractivity contribution in [3.63, 3.8) is 0 Å². The van der Waals surface area contributed by atoms with Gasteiger partial charge < -0.3 is 10.2 Å². The van der Waals surface area contributed by atoms with Gasteiger partial charge in [0.2, 0.25) is 5.88 Å². The molecular formula is C14H17BrN4O. The van der Waals surface area contributed by atoms with Gasteiger partial charge in [-0.05, 0) is 24.6 Å². The van der Waals surface area contributed by atoms with E-state index in [9.17, 15) is 0 Å². The van der Waals surface area contributed by atoms with Crippen molar-refractivity contribution >= 4 is 21.7 Å². The molecule has 2 aromatic rings. The van der Waals surface area contributed by atoms with Crippen LogP contribution in [0.1, 0.15) is 23.9 Å². The number of hydrogen-bond donors (Lipinski definition) is 2. The van der Waals surface area contributed by atoms with Gasteiger partial charge in [-0.3, -0.25) is 0 Å². The Kier molecular flexibility index (Phi) is 4.92. The minimum absolute atomic E-state index is 0.457. The van der Waals surface area contributed by atoms with E-state index in [-0.39, 0.29) is 0 Å². The SMILES string of the molecule is CCc1nc(NN)c(C)c(OCc2ccc(Br)cc2)n1. The second kappa shape index (κ2) is 6.67. The Bertz CT molecular complexity index is 586. The van der Waals surface area contributed by atoms with Gasteiger partial charge in [0.05, 0.1) is 5.56 Å². The molecule has 1 aromatic heterocycles. The van der Waals surface area contributed by atoms with Gasteiger partial charge in [0, 0.05) is 10.9 Å². The second-order valence-electron chi connectivity index (χ2n) is 4.33. The molecule has 0 bridgehead atoms. The Hall–Kier alpha value is -1.66. The molecule has 0 saturated carbocycles. The summed E-state index contributed by atoms with van der Waals surface area (Å²) in [5.74, 6) is 7.33. The highest BCUT2D eigenvalue weighted by Crippen LogP contribution is 2.22. The summed E-state index contributed by atoms with van der Waals surface area (Å²) in [6.45, 7) is 4.33. The van der Waals surface area contributed by atoms with Crippen LogP contribution in [-0.2, 0) is 13.0 Å². The molecule has 0 aliphatic carbocycles. The van der Waals surface area contributed by atoms with Crippen molar-refractivity contribution < 1.29 is 4.74 Å². The van der Waals surface area contributed by atoms with Crippen LogP contribution in [0.2, 0.25) is 0 Å². The summed E-state index contributed by atoms with van der Waals surface area (Å²) in [6, 6.07) is 7.97. The first-order valence-corrected chi connectivity index (χ1v) is 7.14. The van der Waals surface area contributed by atoms with Crippen LogP contribution in [0.4, 0.5) is 5.82 Å². The minimum Gasteiger partial charge on any atom is -0.472 e. The minimum atomic E-state index is 0.457. The lowest BCUT2D eigenvalue weighted by atomic mass is 10.2. The highest BCUT2D eigenvalue weighted by Gasteiger charge is 2.10. The van der Waals surface area contributed by atoms with E-state index in [1.54, 1.807) is 0 Å². The zero-order valence-corrected chi connectivity index (χ0v) is 13.1. The number of hydrogen-bond acceptors (Lipinski definition) is 5. The van der Waals surface area contributed by atoms with Crippen LogP contribution in [0, 0.1) is 6.92 Å². The Morgan fingerprint density at radius 2 is 1.95 bits per heavy atom. The Morgan fingerprint density at radius 3 is 2.55 bits per heavy atom. The van der Waals surface area contributed by atoms with Gasteiger partial charge >= 0.3 is 0 Å². The van der Waals surface area contributed by atoms with E-state index in [4.69, 9.17) is 10.6 Å². The molecule has 20 heavy (non-hydrogen) atoms. The largest absolute Gasteiger partial charge is 0.472 e. The topological polar surface area (TPSA) is 73.1 Å². The molecule has 0 radical (unpaired) electrons. The molecule has 6 heteroatoms. The molecule has 0 aliphatic heterocycles. The third-order valence-corrected chi connectivity index (χ3v) is 3.42. The van der Waals surface area contributed by atoms with Gasteiger partial charge in [0.15, 0.2) is 0 Å². The molecule has 2 rings (SSSR count). The monoisotopic (exact) mass is 336 g/mol. The molecular weight excluding hydrogens is 320 g/mol. The summed E-state index contributed by atoms with van der Waals surface area (Å²) in [7, 11) is 0. The highest BCUT2D eigenvalue weighted by atomic mass is 79.9. The van der Waals surface area contributed by atoms with Crippen molar-refractivity contribution in [1.29, 1.82) is 0 Å². The first kappa shape index (κ1) is 14.7. The summed E-state index contributed by atoms with van der Waals surface area (Å²) in [5, 5.41) is 0. The zero-order valence-electron chi connectivity index (χ0n) is 11.5. The number of nitrogen functional groups attached to an aromatic ring is 1. The Morgan fingerprint density at radius 1 is 1.25 bits per heavy atom. The number of nitrogens with two attached hydrogens (primary N) is 1. The summed E-state index contributed by atoms with van der Waals surface area (Å²) >= 11 is 3.41. The molecule has 0 fully saturated rings. The van der Waals surface area contributed by atoms with E-state index < -0.39 is 0 Å². The van der Waals surface area contributed by atoms with Crippen LogP contribution in [0.5, 0.6) is 5.88 Å². The number of benzene rings is 1. The molecule has 1 heterocycles. The van der Waals surface area contributed by atoms with E-state index in [1.165, 1.54) is 0 Å². The zero-order chi connectivity index (χ0) is 14.5. The molecule has 0 spiro atoms. The van der Waals surface area contributed by atoms with Crippen molar-refractivity contribution in [2.45, 2.75) is 26.9 Å². The van der Waals surface area contributed by atoms with E-state index in [0.717, 1.165) is 22.0 Å². The molecule has 0 amide bonds. The van der Waals surface area contributed by atoms with Crippen LogP contribution < -0.4 is 16.0 Å². The molecule has 3 N–H and O–H groups in total. The average molecular weight is 337 g/mol. The number of aryl methyl sites for hydroxylation is 1. The van der Waals surface area contributed by atoms with Crippen molar-refractivity contribution in [3.05, 3.63) is 45.7 Å². The van der Waals surface area contributed by atoms with E-state index in [0.29, 0.717) is 24.1 Å². The Labute approximate surface area is 126 Å². The fourth-order valence-electron chi connectivity index (χ4n) is 1.71. The smallest absolute Gasteiger partial charge is 0.222 e. The van der Waals surface area contributed by atoms with Gasteiger partial charge in [0.1, 0.15) is 18.2 Å². The number of halogens is 1. The number of rotatable bonds is 5. The fourth-order valence-corrected chi connectivity index (χ4v) is 1.98. The van der Waals surface area contributed by atoms with Crippen LogP contribution in [0.15, 0.2) is 28.7 Å². The quantitative estimate of drug-likeness (QED) is 0.648. The normalized spacial score (nSPS) is 10.4. The van der Waals surface area contributed by atoms with Gasteiger partial charge in [0.25, 0.3) is 0 Å². The maximum Gasteiger partial charge on any atom is 0.222 e. The standard InChI is InChI=1S/C14H17BrN4O/c1-3-12-17-13(19-16)9(2)14(18-12)20-8-10-4-6-11(15)7-5-10/h4-7H,3,8,16H2,1-2H3,(H,17,18,19). The lowest BCUT2D eigenvalue weighted by Crippen LogP contribution is -2.13. The number of aromatic nitrogens is 2. The summed E-state index contributed by atoms with van der Waals surface area (Å²) in [5.41, 5.74) is 4.46. The number of nitrogens with zero attached hydrogens (tertiary/aromatic N) is 2. The third kappa shape index (κ3) is 3.46. The van der Waals surface area contributed by atoms with Gasteiger partial charge in [-0.2, -0.15) is 4.98 Å². The van der Waals surface area contributed by atoms with E-state index in [1.807, 2.05) is 38.1 Å². The van der Waals surface area contributed by atoms with Crippen molar-refractivity contribution in [2.24, 2.45) is 5.84 Å². The third-order valence-electron chi connectivity index (χ3n) is 2.89. The molecule has 0 atom stereocenters. The lowest BCUT2D eigenvalue weighted by molar-refractivity contribution is 0.290. The second-order valence-corrected chi connectivity index (χ2v) is 5.25. The molecule has 5 nitrogen and oxygen atoms in total. The maximum absolute atomic E-state index is 5.79. The van der Waals surface area contributed by atoms with Crippen LogP contribution >= 0.6 is 15.9 Å². The van der Waals surface area contributed by atoms with Gasteiger partial charge in [-0.15, -0.1) is 0 Å². The number of nitrogens with one attached hydrogen (secondary N) is 1. The van der Waals surface area contributed by atoms with Crippen molar-refractivity contribution in [2.75, 3.05) is 5.43 Å². The average Bonchev–Trinajstić information content (AvgIpc) is 2.48. The Balaban J connectivity index is 2.18. The number of anilines is 1. The van der Waals surface area contributed by atoms with Crippen LogP contribution in [0.25, 0.3) is 0 Å². The molecule has 0 aliphatic rings. The molecule has 0 unspecified atom stereocenters. The van der Waals surface area contributed by atoms with Gasteiger partial charge in [-0.1, -0.05) is 35.0 Å². The van der Waals surface area contributed by atoms with E-state index >= 15 is 0 Å². The highest BCUT2D eigenvalue weighted by molar-refractivity contribution is 9.10. The van der Waals surface area contributed by atoms with Gasteiger partial charge in [-0.25, -0.2) is 10.8 Å². The first-order valence-electron chi connectivity index (χ1n) is 6.35.